The van der Waals surface area contributed by atoms with Crippen molar-refractivity contribution in [1.29, 1.82) is 0 Å². The number of benzene rings is 1. The normalized spacial score (nSPS) is 22.9. The van der Waals surface area contributed by atoms with E-state index in [0.29, 0.717) is 13.0 Å². The highest BCUT2D eigenvalue weighted by Crippen LogP contribution is 2.63. The van der Waals surface area contributed by atoms with E-state index in [0.717, 1.165) is 5.56 Å². The van der Waals surface area contributed by atoms with E-state index in [1.807, 2.05) is 30.3 Å². The van der Waals surface area contributed by atoms with Crippen LogP contribution in [0.3, 0.4) is 0 Å². The zero-order valence-electron chi connectivity index (χ0n) is 11.1. The zero-order valence-corrected chi connectivity index (χ0v) is 12.6. The van der Waals surface area contributed by atoms with Crippen LogP contribution in [-0.2, 0) is 16.1 Å². The molecule has 4 nitrogen and oxygen atoms in total. The van der Waals surface area contributed by atoms with Crippen molar-refractivity contribution in [2.24, 2.45) is 5.41 Å². The lowest BCUT2D eigenvalue weighted by Crippen LogP contribution is -2.40. The van der Waals surface area contributed by atoms with E-state index in [4.69, 9.17) is 23.2 Å². The Labute approximate surface area is 127 Å². The summed E-state index contributed by atoms with van der Waals surface area (Å²) in [6, 6.07) is 9.54. The van der Waals surface area contributed by atoms with Crippen molar-refractivity contribution in [3.63, 3.8) is 0 Å². The van der Waals surface area contributed by atoms with E-state index in [-0.39, 0.29) is 18.4 Å². The molecule has 1 aromatic carbocycles. The lowest BCUT2D eigenvalue weighted by atomic mass is 10.1. The van der Waals surface area contributed by atoms with Gasteiger partial charge in [-0.1, -0.05) is 30.3 Å². The quantitative estimate of drug-likeness (QED) is 0.817. The molecule has 108 valence electrons. The Kier molecular flexibility index (Phi) is 4.25. The first kappa shape index (κ1) is 15.1. The topological polar surface area (TPSA) is 58.2 Å². The number of halogens is 2. The molecule has 0 aliphatic heterocycles. The average Bonchev–Trinajstić information content (AvgIpc) is 2.95. The third kappa shape index (κ3) is 3.25. The average molecular weight is 315 g/mol. The van der Waals surface area contributed by atoms with Crippen LogP contribution in [0.2, 0.25) is 0 Å². The molecule has 1 aliphatic carbocycles. The molecule has 0 radical (unpaired) electrons. The molecule has 6 heteroatoms. The highest BCUT2D eigenvalue weighted by Gasteiger charge is 2.67. The van der Waals surface area contributed by atoms with Crippen LogP contribution in [0.1, 0.15) is 18.9 Å². The van der Waals surface area contributed by atoms with Crippen molar-refractivity contribution >= 4 is 35.0 Å². The van der Waals surface area contributed by atoms with E-state index < -0.39 is 9.75 Å². The summed E-state index contributed by atoms with van der Waals surface area (Å²) in [5.41, 5.74) is 0.206. The van der Waals surface area contributed by atoms with Gasteiger partial charge in [-0.2, -0.15) is 0 Å². The monoisotopic (exact) mass is 314 g/mol. The van der Waals surface area contributed by atoms with Gasteiger partial charge in [0, 0.05) is 6.54 Å². The Morgan fingerprint density at radius 2 is 1.80 bits per heavy atom. The minimum Gasteiger partial charge on any atom is -0.350 e. The van der Waals surface area contributed by atoms with Gasteiger partial charge in [0.05, 0.1) is 12.0 Å². The number of hydrogen-bond donors (Lipinski definition) is 2. The number of nitrogens with one attached hydrogen (secondary N) is 2. The third-order valence-electron chi connectivity index (χ3n) is 3.50. The summed E-state index contributed by atoms with van der Waals surface area (Å²) in [6.07, 6.45) is 0.403. The summed E-state index contributed by atoms with van der Waals surface area (Å²) >= 11 is 11.8. The number of amides is 2. The third-order valence-corrected chi connectivity index (χ3v) is 4.60. The molecule has 1 saturated carbocycles. The van der Waals surface area contributed by atoms with E-state index in [2.05, 4.69) is 10.6 Å². The SMILES string of the molecule is CC1(C(=O)NCC(=O)NCc2ccccc2)CC1(Cl)Cl. The van der Waals surface area contributed by atoms with Gasteiger partial charge in [0.15, 0.2) is 0 Å². The van der Waals surface area contributed by atoms with Gasteiger partial charge in [0.1, 0.15) is 4.33 Å². The molecule has 0 spiro atoms. The molecular weight excluding hydrogens is 299 g/mol. The minimum atomic E-state index is -1.02. The number of carbonyl (C=O) groups is 2. The highest BCUT2D eigenvalue weighted by atomic mass is 35.5. The van der Waals surface area contributed by atoms with E-state index in [1.54, 1.807) is 6.92 Å². The van der Waals surface area contributed by atoms with Crippen molar-refractivity contribution in [3.05, 3.63) is 35.9 Å². The van der Waals surface area contributed by atoms with Crippen LogP contribution >= 0.6 is 23.2 Å². The highest BCUT2D eigenvalue weighted by molar-refractivity contribution is 6.53. The van der Waals surface area contributed by atoms with Crippen molar-refractivity contribution in [2.75, 3.05) is 6.54 Å². The molecule has 1 aliphatic rings. The summed E-state index contributed by atoms with van der Waals surface area (Å²) in [4.78, 5) is 23.5. The molecule has 2 rings (SSSR count). The van der Waals surface area contributed by atoms with Gasteiger partial charge < -0.3 is 10.6 Å². The van der Waals surface area contributed by atoms with Gasteiger partial charge >= 0.3 is 0 Å². The fraction of sp³-hybridized carbons (Fsp3) is 0.429. The molecule has 1 unspecified atom stereocenters. The molecule has 1 atom stereocenters. The van der Waals surface area contributed by atoms with E-state index >= 15 is 0 Å². The Morgan fingerprint density at radius 3 is 2.35 bits per heavy atom. The van der Waals surface area contributed by atoms with Crippen molar-refractivity contribution in [1.82, 2.24) is 10.6 Å². The fourth-order valence-corrected chi connectivity index (χ4v) is 2.57. The lowest BCUT2D eigenvalue weighted by Gasteiger charge is -2.12. The van der Waals surface area contributed by atoms with E-state index in [9.17, 15) is 9.59 Å². The molecule has 1 aromatic rings. The van der Waals surface area contributed by atoms with Crippen molar-refractivity contribution < 1.29 is 9.59 Å². The minimum absolute atomic E-state index is 0.0783. The largest absolute Gasteiger partial charge is 0.350 e. The predicted octanol–water partition coefficient (Wildman–Crippen LogP) is 2.00. The summed E-state index contributed by atoms with van der Waals surface area (Å²) < 4.78 is -1.02. The summed E-state index contributed by atoms with van der Waals surface area (Å²) in [7, 11) is 0. The lowest BCUT2D eigenvalue weighted by molar-refractivity contribution is -0.129. The standard InChI is InChI=1S/C14H16Cl2N2O2/c1-13(9-14(13,15)16)12(20)18-8-11(19)17-7-10-5-3-2-4-6-10/h2-6H,7-9H2,1H3,(H,17,19)(H,18,20). The summed E-state index contributed by atoms with van der Waals surface area (Å²) in [5.74, 6) is -0.543. The molecule has 2 amide bonds. The van der Waals surface area contributed by atoms with Crippen LogP contribution in [0.25, 0.3) is 0 Å². The Bertz CT molecular complexity index is 519. The molecule has 0 bridgehead atoms. The van der Waals surface area contributed by atoms with Gasteiger partial charge in [-0.25, -0.2) is 0 Å². The Balaban J connectivity index is 1.72. The zero-order chi connectivity index (χ0) is 14.8. The van der Waals surface area contributed by atoms with Crippen LogP contribution in [-0.4, -0.2) is 22.7 Å². The second kappa shape index (κ2) is 5.62. The summed E-state index contributed by atoms with van der Waals surface area (Å²) in [5, 5.41) is 5.28. The maximum atomic E-state index is 11.9. The van der Waals surface area contributed by atoms with Gasteiger partial charge in [0.2, 0.25) is 11.8 Å². The maximum Gasteiger partial charge on any atom is 0.239 e. The smallest absolute Gasteiger partial charge is 0.239 e. The first-order valence-electron chi connectivity index (χ1n) is 6.32. The number of alkyl halides is 2. The molecule has 2 N–H and O–H groups in total. The second-order valence-electron chi connectivity index (χ2n) is 5.16. The first-order valence-corrected chi connectivity index (χ1v) is 7.07. The summed E-state index contributed by atoms with van der Waals surface area (Å²) in [6.45, 7) is 2.04. The maximum absolute atomic E-state index is 11.9. The first-order chi connectivity index (χ1) is 9.35. The molecule has 20 heavy (non-hydrogen) atoms. The number of rotatable bonds is 5. The Morgan fingerprint density at radius 1 is 1.20 bits per heavy atom. The molecule has 0 saturated heterocycles. The van der Waals surface area contributed by atoms with Crippen molar-refractivity contribution in [3.8, 4) is 0 Å². The fourth-order valence-electron chi connectivity index (χ4n) is 1.86. The van der Waals surface area contributed by atoms with Crippen LogP contribution in [0.5, 0.6) is 0 Å². The molecular formula is C14H16Cl2N2O2. The van der Waals surface area contributed by atoms with Crippen LogP contribution in [0.15, 0.2) is 30.3 Å². The van der Waals surface area contributed by atoms with Gasteiger partial charge in [-0.3, -0.25) is 9.59 Å². The predicted molar refractivity (Wildman–Crippen MR) is 78.5 cm³/mol. The van der Waals surface area contributed by atoms with Crippen LogP contribution < -0.4 is 10.6 Å². The van der Waals surface area contributed by atoms with E-state index in [1.165, 1.54) is 0 Å². The van der Waals surface area contributed by atoms with Crippen LogP contribution in [0.4, 0.5) is 0 Å². The number of carbonyl (C=O) groups excluding carboxylic acids is 2. The Hall–Kier alpha value is -1.26. The van der Waals surface area contributed by atoms with Gasteiger partial charge in [0.25, 0.3) is 0 Å². The van der Waals surface area contributed by atoms with Crippen LogP contribution in [0, 0.1) is 5.41 Å². The second-order valence-corrected chi connectivity index (χ2v) is 6.64. The molecule has 0 heterocycles. The van der Waals surface area contributed by atoms with Gasteiger partial charge in [-0.05, 0) is 18.9 Å². The van der Waals surface area contributed by atoms with Gasteiger partial charge in [-0.15, -0.1) is 23.2 Å². The van der Waals surface area contributed by atoms with Crippen molar-refractivity contribution in [2.45, 2.75) is 24.2 Å². The number of hydrogen-bond acceptors (Lipinski definition) is 2. The molecule has 1 fully saturated rings. The molecule has 0 aromatic heterocycles.